The zero-order chi connectivity index (χ0) is 20.5. The highest BCUT2D eigenvalue weighted by Gasteiger charge is 2.35. The fourth-order valence-electron chi connectivity index (χ4n) is 2.98. The number of fused-ring (bicyclic) bond motifs is 1. The standard InChI is InChI=1S/C21H14FN3O3S/c1-2-9-25-19(27)15-8-5-13(10-16(15)20(25)28)18(26)24-21-23-17(11-29-21)12-3-6-14(22)7-4-12/h2-8,10-11H,1,9H2,(H,23,24,26). The first kappa shape index (κ1) is 18.7. The highest BCUT2D eigenvalue weighted by molar-refractivity contribution is 7.14. The molecule has 0 saturated heterocycles. The maximum atomic E-state index is 13.1. The second-order valence-corrected chi connectivity index (χ2v) is 7.13. The predicted molar refractivity (Wildman–Crippen MR) is 107 cm³/mol. The molecule has 29 heavy (non-hydrogen) atoms. The van der Waals surface area contributed by atoms with E-state index in [-0.39, 0.29) is 29.1 Å². The number of hydrogen-bond donors (Lipinski definition) is 1. The van der Waals surface area contributed by atoms with Crippen molar-refractivity contribution in [1.29, 1.82) is 0 Å². The monoisotopic (exact) mass is 407 g/mol. The van der Waals surface area contributed by atoms with Gasteiger partial charge in [0, 0.05) is 23.1 Å². The molecule has 0 radical (unpaired) electrons. The van der Waals surface area contributed by atoms with Crippen LogP contribution in [0.3, 0.4) is 0 Å². The van der Waals surface area contributed by atoms with Crippen molar-refractivity contribution in [3.8, 4) is 11.3 Å². The first-order chi connectivity index (χ1) is 14.0. The van der Waals surface area contributed by atoms with E-state index in [1.807, 2.05) is 0 Å². The van der Waals surface area contributed by atoms with Crippen LogP contribution >= 0.6 is 11.3 Å². The van der Waals surface area contributed by atoms with Crippen LogP contribution in [-0.4, -0.2) is 34.2 Å². The van der Waals surface area contributed by atoms with Crippen LogP contribution in [0.4, 0.5) is 9.52 Å². The molecular weight excluding hydrogens is 393 g/mol. The second-order valence-electron chi connectivity index (χ2n) is 6.27. The predicted octanol–water partition coefficient (Wildman–Crippen LogP) is 3.98. The Bertz CT molecular complexity index is 1150. The van der Waals surface area contributed by atoms with Crippen LogP contribution in [0.2, 0.25) is 0 Å². The molecule has 1 aliphatic heterocycles. The van der Waals surface area contributed by atoms with Crippen LogP contribution in [0.5, 0.6) is 0 Å². The average molecular weight is 407 g/mol. The van der Waals surface area contributed by atoms with Gasteiger partial charge in [0.05, 0.1) is 16.8 Å². The average Bonchev–Trinajstić information content (AvgIpc) is 3.27. The van der Waals surface area contributed by atoms with Crippen molar-refractivity contribution in [2.45, 2.75) is 0 Å². The van der Waals surface area contributed by atoms with Crippen LogP contribution in [0.1, 0.15) is 31.1 Å². The number of aromatic nitrogens is 1. The molecular formula is C21H14FN3O3S. The third kappa shape index (κ3) is 3.45. The van der Waals surface area contributed by atoms with Gasteiger partial charge in [-0.25, -0.2) is 9.37 Å². The number of nitrogens with zero attached hydrogens (tertiary/aromatic N) is 2. The molecule has 1 aromatic heterocycles. The first-order valence-corrected chi connectivity index (χ1v) is 9.50. The van der Waals surface area contributed by atoms with Gasteiger partial charge in [0.25, 0.3) is 17.7 Å². The fourth-order valence-corrected chi connectivity index (χ4v) is 3.70. The number of carbonyl (C=O) groups excluding carboxylic acids is 3. The molecule has 1 N–H and O–H groups in total. The van der Waals surface area contributed by atoms with Gasteiger partial charge >= 0.3 is 0 Å². The minimum absolute atomic E-state index is 0.110. The van der Waals surface area contributed by atoms with E-state index in [1.54, 1.807) is 17.5 Å². The number of anilines is 1. The number of carbonyl (C=O) groups is 3. The van der Waals surface area contributed by atoms with Gasteiger partial charge in [0.15, 0.2) is 5.13 Å². The highest BCUT2D eigenvalue weighted by Crippen LogP contribution is 2.27. The van der Waals surface area contributed by atoms with E-state index in [1.165, 1.54) is 47.7 Å². The Morgan fingerprint density at radius 3 is 2.59 bits per heavy atom. The quantitative estimate of drug-likeness (QED) is 0.512. The molecule has 144 valence electrons. The number of imide groups is 1. The van der Waals surface area contributed by atoms with Gasteiger partial charge < -0.3 is 0 Å². The number of nitrogens with one attached hydrogen (secondary N) is 1. The Balaban J connectivity index is 1.53. The van der Waals surface area contributed by atoms with E-state index < -0.39 is 17.7 Å². The summed E-state index contributed by atoms with van der Waals surface area (Å²) >= 11 is 1.23. The first-order valence-electron chi connectivity index (χ1n) is 8.62. The molecule has 0 bridgehead atoms. The van der Waals surface area contributed by atoms with Crippen molar-refractivity contribution >= 4 is 34.2 Å². The number of hydrogen-bond acceptors (Lipinski definition) is 5. The molecule has 3 amide bonds. The topological polar surface area (TPSA) is 79.4 Å². The molecule has 0 fully saturated rings. The van der Waals surface area contributed by atoms with E-state index in [0.717, 1.165) is 10.5 Å². The summed E-state index contributed by atoms with van der Waals surface area (Å²) in [6.07, 6.45) is 1.47. The number of amides is 3. The van der Waals surface area contributed by atoms with Gasteiger partial charge in [0.1, 0.15) is 5.82 Å². The molecule has 8 heteroatoms. The molecule has 3 aromatic rings. The third-order valence-corrected chi connectivity index (χ3v) is 5.17. The molecule has 0 spiro atoms. The summed E-state index contributed by atoms with van der Waals surface area (Å²) in [5.74, 6) is -1.64. The summed E-state index contributed by atoms with van der Waals surface area (Å²) in [6, 6.07) is 10.3. The Morgan fingerprint density at radius 2 is 1.86 bits per heavy atom. The highest BCUT2D eigenvalue weighted by atomic mass is 32.1. The van der Waals surface area contributed by atoms with E-state index in [2.05, 4.69) is 16.9 Å². The fraction of sp³-hybridized carbons (Fsp3) is 0.0476. The van der Waals surface area contributed by atoms with Crippen molar-refractivity contribution in [2.24, 2.45) is 0 Å². The van der Waals surface area contributed by atoms with E-state index in [9.17, 15) is 18.8 Å². The molecule has 0 atom stereocenters. The Hall–Kier alpha value is -3.65. The molecule has 0 saturated carbocycles. The lowest BCUT2D eigenvalue weighted by atomic mass is 10.1. The summed E-state index contributed by atoms with van der Waals surface area (Å²) in [4.78, 5) is 42.6. The SMILES string of the molecule is C=CCN1C(=O)c2ccc(C(=O)Nc3nc(-c4ccc(F)cc4)cs3)cc2C1=O. The van der Waals surface area contributed by atoms with E-state index in [4.69, 9.17) is 0 Å². The van der Waals surface area contributed by atoms with E-state index in [0.29, 0.717) is 10.8 Å². The molecule has 0 aliphatic carbocycles. The van der Waals surface area contributed by atoms with Gasteiger partial charge in [-0.1, -0.05) is 6.08 Å². The van der Waals surface area contributed by atoms with Crippen molar-refractivity contribution in [3.05, 3.63) is 83.0 Å². The van der Waals surface area contributed by atoms with Crippen molar-refractivity contribution in [3.63, 3.8) is 0 Å². The minimum Gasteiger partial charge on any atom is -0.298 e. The van der Waals surface area contributed by atoms with Gasteiger partial charge in [0.2, 0.25) is 0 Å². The Labute approximate surface area is 169 Å². The maximum Gasteiger partial charge on any atom is 0.261 e. The minimum atomic E-state index is -0.451. The molecule has 2 heterocycles. The number of benzene rings is 2. The van der Waals surface area contributed by atoms with Gasteiger partial charge in [-0.05, 0) is 42.5 Å². The lowest BCUT2D eigenvalue weighted by Crippen LogP contribution is -2.29. The number of rotatable bonds is 5. The number of halogens is 1. The van der Waals surface area contributed by atoms with Gasteiger partial charge in [-0.15, -0.1) is 17.9 Å². The summed E-state index contributed by atoms with van der Waals surface area (Å²) in [6.45, 7) is 3.65. The van der Waals surface area contributed by atoms with Crippen molar-refractivity contribution < 1.29 is 18.8 Å². The van der Waals surface area contributed by atoms with Crippen LogP contribution in [0.25, 0.3) is 11.3 Å². The largest absolute Gasteiger partial charge is 0.298 e. The molecule has 0 unspecified atom stereocenters. The van der Waals surface area contributed by atoms with Crippen LogP contribution in [-0.2, 0) is 0 Å². The van der Waals surface area contributed by atoms with Crippen LogP contribution in [0.15, 0.2) is 60.5 Å². The second kappa shape index (κ2) is 7.40. The molecule has 6 nitrogen and oxygen atoms in total. The lowest BCUT2D eigenvalue weighted by molar-refractivity contribution is 0.0672. The zero-order valence-corrected chi connectivity index (χ0v) is 15.8. The smallest absolute Gasteiger partial charge is 0.261 e. The van der Waals surface area contributed by atoms with Crippen LogP contribution in [0, 0.1) is 5.82 Å². The summed E-state index contributed by atoms with van der Waals surface area (Å²) in [5.41, 5.74) is 2.04. The molecule has 1 aliphatic rings. The summed E-state index contributed by atoms with van der Waals surface area (Å²) in [7, 11) is 0. The van der Waals surface area contributed by atoms with Crippen molar-refractivity contribution in [2.75, 3.05) is 11.9 Å². The normalized spacial score (nSPS) is 12.8. The maximum absolute atomic E-state index is 13.1. The summed E-state index contributed by atoms with van der Waals surface area (Å²) < 4.78 is 13.1. The van der Waals surface area contributed by atoms with Crippen LogP contribution < -0.4 is 5.32 Å². The Morgan fingerprint density at radius 1 is 1.14 bits per heavy atom. The summed E-state index contributed by atoms with van der Waals surface area (Å²) in [5, 5.41) is 4.80. The molecule has 4 rings (SSSR count). The Kier molecular flexibility index (Phi) is 4.77. The third-order valence-electron chi connectivity index (χ3n) is 4.41. The zero-order valence-electron chi connectivity index (χ0n) is 15.0. The number of thiazole rings is 1. The molecule has 2 aromatic carbocycles. The van der Waals surface area contributed by atoms with Crippen molar-refractivity contribution in [1.82, 2.24) is 9.88 Å². The van der Waals surface area contributed by atoms with Gasteiger partial charge in [-0.3, -0.25) is 24.6 Å². The van der Waals surface area contributed by atoms with E-state index >= 15 is 0 Å². The lowest BCUT2D eigenvalue weighted by Gasteiger charge is -2.09. The van der Waals surface area contributed by atoms with Gasteiger partial charge in [-0.2, -0.15) is 0 Å².